The number of esters is 1. The Kier molecular flexibility index (Phi) is 6.20. The Morgan fingerprint density at radius 1 is 1.43 bits per heavy atom. The molecule has 1 aromatic carbocycles. The van der Waals surface area contributed by atoms with Crippen molar-refractivity contribution in [1.82, 2.24) is 5.32 Å². The number of methoxy groups -OCH3 is 1. The number of morpholine rings is 1. The fourth-order valence-corrected chi connectivity index (χ4v) is 2.96. The molecule has 1 aliphatic heterocycles. The highest BCUT2D eigenvalue weighted by molar-refractivity contribution is 9.10. The van der Waals surface area contributed by atoms with Crippen LogP contribution in [0.15, 0.2) is 12.1 Å². The van der Waals surface area contributed by atoms with Crippen LogP contribution in [0.4, 0.5) is 8.78 Å². The van der Waals surface area contributed by atoms with Crippen molar-refractivity contribution in [1.29, 1.82) is 0 Å². The van der Waals surface area contributed by atoms with E-state index in [1.807, 2.05) is 0 Å². The molecule has 1 aromatic rings. The molecule has 5 nitrogen and oxygen atoms in total. The average Bonchev–Trinajstić information content (AvgIpc) is 2.54. The number of carbonyl (C=O) groups excluding carboxylic acids is 2. The number of alkyl halides is 1. The Morgan fingerprint density at radius 2 is 2.09 bits per heavy atom. The van der Waals surface area contributed by atoms with Crippen molar-refractivity contribution in [3.63, 3.8) is 0 Å². The number of rotatable bonds is 5. The van der Waals surface area contributed by atoms with Crippen molar-refractivity contribution >= 4 is 27.7 Å². The number of benzene rings is 1. The van der Waals surface area contributed by atoms with Gasteiger partial charge in [-0.2, -0.15) is 0 Å². The first-order valence-corrected chi connectivity index (χ1v) is 7.93. The first-order valence-electron chi connectivity index (χ1n) is 7.02. The van der Waals surface area contributed by atoms with Gasteiger partial charge in [0.1, 0.15) is 11.6 Å². The lowest BCUT2D eigenvalue weighted by Crippen LogP contribution is -2.40. The molecular formula is C15H16BrF2NO4. The van der Waals surface area contributed by atoms with Crippen molar-refractivity contribution in [2.24, 2.45) is 0 Å². The molecule has 0 spiro atoms. The molecule has 1 N–H and O–H groups in total. The highest BCUT2D eigenvalue weighted by Crippen LogP contribution is 2.23. The third-order valence-corrected chi connectivity index (χ3v) is 4.26. The zero-order chi connectivity index (χ0) is 17.0. The summed E-state index contributed by atoms with van der Waals surface area (Å²) in [6.07, 6.45) is 0.0706. The van der Waals surface area contributed by atoms with E-state index in [0.717, 1.165) is 25.8 Å². The van der Waals surface area contributed by atoms with Crippen molar-refractivity contribution < 1.29 is 27.8 Å². The van der Waals surface area contributed by atoms with Crippen LogP contribution in [0, 0.1) is 11.6 Å². The number of hydrogen-bond acceptors (Lipinski definition) is 5. The van der Waals surface area contributed by atoms with E-state index in [0.29, 0.717) is 13.2 Å². The molecule has 1 unspecified atom stereocenters. The van der Waals surface area contributed by atoms with Gasteiger partial charge >= 0.3 is 5.97 Å². The van der Waals surface area contributed by atoms with Crippen molar-refractivity contribution in [2.75, 3.05) is 26.8 Å². The number of ketones is 1. The van der Waals surface area contributed by atoms with Crippen LogP contribution in [-0.4, -0.2) is 49.5 Å². The van der Waals surface area contributed by atoms with Gasteiger partial charge in [-0.15, -0.1) is 0 Å². The third-order valence-electron chi connectivity index (χ3n) is 3.47. The third kappa shape index (κ3) is 4.33. The van der Waals surface area contributed by atoms with Crippen molar-refractivity contribution in [2.45, 2.75) is 17.4 Å². The van der Waals surface area contributed by atoms with Crippen LogP contribution in [0.25, 0.3) is 0 Å². The smallest absolute Gasteiger partial charge is 0.338 e. The van der Waals surface area contributed by atoms with Gasteiger partial charge in [-0.05, 0) is 18.6 Å². The number of carbonyl (C=O) groups is 2. The quantitative estimate of drug-likeness (QED) is 0.472. The van der Waals surface area contributed by atoms with Gasteiger partial charge < -0.3 is 14.8 Å². The molecule has 0 bridgehead atoms. The molecule has 1 aliphatic rings. The molecule has 0 aromatic heterocycles. The van der Waals surface area contributed by atoms with Crippen LogP contribution in [0.1, 0.15) is 27.1 Å². The predicted octanol–water partition coefficient (Wildman–Crippen LogP) is 2.08. The van der Waals surface area contributed by atoms with Crippen molar-refractivity contribution in [3.05, 3.63) is 34.9 Å². The van der Waals surface area contributed by atoms with Gasteiger partial charge in [0, 0.05) is 13.1 Å². The van der Waals surface area contributed by atoms with Crippen LogP contribution < -0.4 is 5.32 Å². The lowest BCUT2D eigenvalue weighted by molar-refractivity contribution is 0.0236. The first-order chi connectivity index (χ1) is 10.9. The number of hydrogen-bond donors (Lipinski definition) is 1. The minimum Gasteiger partial charge on any atom is -0.465 e. The summed E-state index contributed by atoms with van der Waals surface area (Å²) in [6, 6.07) is 1.58. The highest BCUT2D eigenvalue weighted by atomic mass is 79.9. The second-order valence-corrected chi connectivity index (χ2v) is 6.18. The maximum atomic E-state index is 14.1. The summed E-state index contributed by atoms with van der Waals surface area (Å²) in [5.41, 5.74) is -0.965. The van der Waals surface area contributed by atoms with Gasteiger partial charge in [0.2, 0.25) is 0 Å². The van der Waals surface area contributed by atoms with E-state index in [1.165, 1.54) is 0 Å². The van der Waals surface area contributed by atoms with E-state index in [-0.39, 0.29) is 18.1 Å². The fourth-order valence-electron chi connectivity index (χ4n) is 2.31. The molecule has 0 aliphatic carbocycles. The summed E-state index contributed by atoms with van der Waals surface area (Å²) < 4.78 is 38.0. The Hall–Kier alpha value is -1.38. The molecule has 0 amide bonds. The zero-order valence-corrected chi connectivity index (χ0v) is 14.0. The van der Waals surface area contributed by atoms with Crippen molar-refractivity contribution in [3.8, 4) is 0 Å². The molecule has 2 atom stereocenters. The summed E-state index contributed by atoms with van der Waals surface area (Å²) in [7, 11) is 1.10. The van der Waals surface area contributed by atoms with Crippen LogP contribution >= 0.6 is 15.9 Å². The largest absolute Gasteiger partial charge is 0.465 e. The van der Waals surface area contributed by atoms with E-state index in [1.54, 1.807) is 0 Å². The fraction of sp³-hybridized carbons (Fsp3) is 0.467. The lowest BCUT2D eigenvalue weighted by Gasteiger charge is -2.25. The lowest BCUT2D eigenvalue weighted by atomic mass is 10.0. The van der Waals surface area contributed by atoms with Gasteiger partial charge in [-0.3, -0.25) is 4.79 Å². The Balaban J connectivity index is 2.16. The highest BCUT2D eigenvalue weighted by Gasteiger charge is 2.28. The Bertz CT molecular complexity index is 582. The van der Waals surface area contributed by atoms with Crippen LogP contribution in [-0.2, 0) is 9.47 Å². The van der Waals surface area contributed by atoms with Crippen LogP contribution in [0.2, 0.25) is 0 Å². The van der Waals surface area contributed by atoms with Gasteiger partial charge in [-0.25, -0.2) is 13.6 Å². The van der Waals surface area contributed by atoms with Crippen LogP contribution in [0.3, 0.4) is 0 Å². The van der Waals surface area contributed by atoms with E-state index in [9.17, 15) is 18.4 Å². The zero-order valence-electron chi connectivity index (χ0n) is 12.4. The average molecular weight is 392 g/mol. The molecule has 1 saturated heterocycles. The normalized spacial score (nSPS) is 19.2. The molecule has 0 saturated carbocycles. The van der Waals surface area contributed by atoms with Gasteiger partial charge in [0.15, 0.2) is 5.78 Å². The molecule has 0 radical (unpaired) electrons. The molecule has 1 fully saturated rings. The molecular weight excluding hydrogens is 376 g/mol. The number of Topliss-reactive ketones (excluding diaryl/α,β-unsaturated/α-hetero) is 1. The van der Waals surface area contributed by atoms with Gasteiger partial charge in [0.25, 0.3) is 0 Å². The molecule has 1 heterocycles. The van der Waals surface area contributed by atoms with E-state index in [4.69, 9.17) is 4.74 Å². The standard InChI is InChI=1S/C15H16BrF2NO4/c1-22-15(21)8-4-11(17)13(12(18)5-8)14(20)10(16)6-9-7-19-2-3-23-9/h4-5,9-10,19H,2-3,6-7H2,1H3/t9-,10?/m0/s1. The van der Waals surface area contributed by atoms with Gasteiger partial charge in [0.05, 0.1) is 35.8 Å². The number of nitrogens with one attached hydrogen (secondary N) is 1. The Morgan fingerprint density at radius 3 is 2.61 bits per heavy atom. The minimum atomic E-state index is -1.09. The molecule has 8 heteroatoms. The van der Waals surface area contributed by atoms with Crippen LogP contribution in [0.5, 0.6) is 0 Å². The Labute approximate surface area is 140 Å². The minimum absolute atomic E-state index is 0.211. The summed E-state index contributed by atoms with van der Waals surface area (Å²) in [5, 5.41) is 3.11. The second kappa shape index (κ2) is 7.94. The number of ether oxygens (including phenoxy) is 2. The predicted molar refractivity (Wildman–Crippen MR) is 82.0 cm³/mol. The maximum absolute atomic E-state index is 14.1. The number of halogens is 3. The summed E-state index contributed by atoms with van der Waals surface area (Å²) >= 11 is 3.16. The SMILES string of the molecule is COC(=O)c1cc(F)c(C(=O)C(Br)C[C@H]2CNCCO2)c(F)c1. The van der Waals surface area contributed by atoms with Gasteiger partial charge in [-0.1, -0.05) is 15.9 Å². The molecule has 23 heavy (non-hydrogen) atoms. The maximum Gasteiger partial charge on any atom is 0.338 e. The van der Waals surface area contributed by atoms with E-state index < -0.39 is 33.8 Å². The summed E-state index contributed by atoms with van der Waals surface area (Å²) in [6.45, 7) is 1.83. The van der Waals surface area contributed by atoms with E-state index in [2.05, 4.69) is 26.0 Å². The summed E-state index contributed by atoms with van der Waals surface area (Å²) in [4.78, 5) is 22.8. The molecule has 126 valence electrons. The summed E-state index contributed by atoms with van der Waals surface area (Å²) in [5.74, 6) is -3.80. The topological polar surface area (TPSA) is 64.6 Å². The first kappa shape index (κ1) is 18.0. The second-order valence-electron chi connectivity index (χ2n) is 5.07. The monoisotopic (exact) mass is 391 g/mol. The molecule has 2 rings (SSSR count). The van der Waals surface area contributed by atoms with E-state index >= 15 is 0 Å².